The van der Waals surface area contributed by atoms with E-state index in [4.69, 9.17) is 9.84 Å². The van der Waals surface area contributed by atoms with Crippen LogP contribution in [-0.2, 0) is 4.79 Å². The topological polar surface area (TPSA) is 60.2 Å². The predicted octanol–water partition coefficient (Wildman–Crippen LogP) is 5.24. The lowest BCUT2D eigenvalue weighted by Crippen LogP contribution is -2.40. The second kappa shape index (κ2) is 8.67. The summed E-state index contributed by atoms with van der Waals surface area (Å²) < 4.78 is 7.98. The van der Waals surface area contributed by atoms with Gasteiger partial charge in [-0.3, -0.25) is 14.5 Å². The zero-order valence-corrected chi connectivity index (χ0v) is 17.7. The number of amides is 1. The van der Waals surface area contributed by atoms with Gasteiger partial charge in [-0.05, 0) is 61.4 Å². The Labute approximate surface area is 186 Å². The molecular formula is C26H24N4O2. The summed E-state index contributed by atoms with van der Waals surface area (Å²) in [6.45, 7) is 5.02. The number of nitrogens with zero attached hydrogens (tertiary/aromatic N) is 4. The van der Waals surface area contributed by atoms with E-state index in [1.54, 1.807) is 6.20 Å². The van der Waals surface area contributed by atoms with Crippen LogP contribution >= 0.6 is 0 Å². The van der Waals surface area contributed by atoms with E-state index in [2.05, 4.69) is 16.2 Å². The van der Waals surface area contributed by atoms with Gasteiger partial charge in [0.1, 0.15) is 17.2 Å². The van der Waals surface area contributed by atoms with Crippen molar-refractivity contribution in [3.05, 3.63) is 85.7 Å². The SMILES string of the molecule is C=CC(=O)N1CCC[C@@H](n2nc(-c3ccc(Oc4ccccc4)cc3)c3cnccc32)C1. The zero-order valence-electron chi connectivity index (χ0n) is 17.7. The number of pyridine rings is 1. The van der Waals surface area contributed by atoms with Gasteiger partial charge in [-0.15, -0.1) is 0 Å². The molecule has 1 aliphatic heterocycles. The minimum absolute atomic E-state index is 0.0259. The van der Waals surface area contributed by atoms with Crippen LogP contribution in [0.15, 0.2) is 85.7 Å². The van der Waals surface area contributed by atoms with Gasteiger partial charge in [-0.2, -0.15) is 5.10 Å². The highest BCUT2D eigenvalue weighted by atomic mass is 16.5. The van der Waals surface area contributed by atoms with Crippen LogP contribution in [0.4, 0.5) is 0 Å². The van der Waals surface area contributed by atoms with Crippen molar-refractivity contribution in [2.45, 2.75) is 18.9 Å². The Kier molecular flexibility index (Phi) is 5.42. The number of aromatic nitrogens is 3. The maximum Gasteiger partial charge on any atom is 0.246 e. The first kappa shape index (κ1) is 20.0. The van der Waals surface area contributed by atoms with Crippen LogP contribution in [0, 0.1) is 0 Å². The van der Waals surface area contributed by atoms with Gasteiger partial charge in [0.2, 0.25) is 5.91 Å². The van der Waals surface area contributed by atoms with E-state index in [9.17, 15) is 4.79 Å². The molecule has 2 aromatic heterocycles. The molecule has 2 aromatic carbocycles. The van der Waals surface area contributed by atoms with Crippen molar-refractivity contribution in [1.82, 2.24) is 19.7 Å². The standard InChI is InChI=1S/C26H24N4O2/c1-2-25(31)29-16-6-7-20(18-29)30-24-14-15-27-17-23(24)26(28-30)19-10-12-22(13-11-19)32-21-8-4-3-5-9-21/h2-5,8-15,17,20H,1,6-7,16,18H2/t20-/m1/s1. The summed E-state index contributed by atoms with van der Waals surface area (Å²) in [4.78, 5) is 18.3. The van der Waals surface area contributed by atoms with Crippen molar-refractivity contribution >= 4 is 16.8 Å². The maximum absolute atomic E-state index is 12.2. The molecule has 1 atom stereocenters. The molecule has 5 rings (SSSR count). The molecule has 0 spiro atoms. The summed E-state index contributed by atoms with van der Waals surface area (Å²) >= 11 is 0. The molecule has 1 fully saturated rings. The number of hydrogen-bond donors (Lipinski definition) is 0. The van der Waals surface area contributed by atoms with E-state index in [1.165, 1.54) is 6.08 Å². The molecule has 0 N–H and O–H groups in total. The van der Waals surface area contributed by atoms with Gasteiger partial charge in [0.05, 0.1) is 11.6 Å². The summed E-state index contributed by atoms with van der Waals surface area (Å²) in [6, 6.07) is 19.8. The van der Waals surface area contributed by atoms with E-state index in [1.807, 2.05) is 71.8 Å². The fraction of sp³-hybridized carbons (Fsp3) is 0.192. The monoisotopic (exact) mass is 424 g/mol. The first-order valence-electron chi connectivity index (χ1n) is 10.8. The van der Waals surface area contributed by atoms with Gasteiger partial charge in [-0.25, -0.2) is 0 Å². The number of fused-ring (bicyclic) bond motifs is 1. The first-order valence-corrected chi connectivity index (χ1v) is 10.8. The molecular weight excluding hydrogens is 400 g/mol. The third-order valence-corrected chi connectivity index (χ3v) is 5.84. The lowest BCUT2D eigenvalue weighted by Gasteiger charge is -2.32. The third kappa shape index (κ3) is 3.87. The average molecular weight is 425 g/mol. The van der Waals surface area contributed by atoms with Gasteiger partial charge in [0.15, 0.2) is 0 Å². The highest BCUT2D eigenvalue weighted by Gasteiger charge is 2.26. The smallest absolute Gasteiger partial charge is 0.246 e. The predicted molar refractivity (Wildman–Crippen MR) is 125 cm³/mol. The number of piperidine rings is 1. The number of carbonyl (C=O) groups is 1. The Morgan fingerprint density at radius 3 is 2.62 bits per heavy atom. The minimum atomic E-state index is -0.0259. The normalized spacial score (nSPS) is 16.1. The van der Waals surface area contributed by atoms with Crippen LogP contribution in [0.25, 0.3) is 22.2 Å². The summed E-state index contributed by atoms with van der Waals surface area (Å²) in [5, 5.41) is 5.99. The molecule has 0 radical (unpaired) electrons. The van der Waals surface area contributed by atoms with E-state index in [0.29, 0.717) is 6.54 Å². The second-order valence-electron chi connectivity index (χ2n) is 7.91. The number of hydrogen-bond acceptors (Lipinski definition) is 4. The summed E-state index contributed by atoms with van der Waals surface area (Å²) in [7, 11) is 0. The van der Waals surface area contributed by atoms with E-state index in [-0.39, 0.29) is 11.9 Å². The molecule has 6 heteroatoms. The highest BCUT2D eigenvalue weighted by Crippen LogP contribution is 2.33. The van der Waals surface area contributed by atoms with Crippen LogP contribution in [0.2, 0.25) is 0 Å². The van der Waals surface area contributed by atoms with E-state index >= 15 is 0 Å². The van der Waals surface area contributed by atoms with Gasteiger partial charge < -0.3 is 9.64 Å². The van der Waals surface area contributed by atoms with Crippen molar-refractivity contribution in [1.29, 1.82) is 0 Å². The summed E-state index contributed by atoms with van der Waals surface area (Å²) in [5.41, 5.74) is 2.90. The Morgan fingerprint density at radius 2 is 1.84 bits per heavy atom. The van der Waals surface area contributed by atoms with Gasteiger partial charge in [0, 0.05) is 36.4 Å². The van der Waals surface area contributed by atoms with Gasteiger partial charge in [0.25, 0.3) is 0 Å². The van der Waals surface area contributed by atoms with Crippen LogP contribution in [0.3, 0.4) is 0 Å². The maximum atomic E-state index is 12.2. The van der Waals surface area contributed by atoms with E-state index in [0.717, 1.165) is 53.0 Å². The highest BCUT2D eigenvalue weighted by molar-refractivity contribution is 5.93. The summed E-state index contributed by atoms with van der Waals surface area (Å²) in [6.07, 6.45) is 6.95. The number of rotatable bonds is 5. The van der Waals surface area contributed by atoms with Crippen molar-refractivity contribution in [3.8, 4) is 22.8 Å². The molecule has 160 valence electrons. The Hall–Kier alpha value is -3.93. The molecule has 6 nitrogen and oxygen atoms in total. The number of para-hydroxylation sites is 1. The van der Waals surface area contributed by atoms with Crippen LogP contribution < -0.4 is 4.74 Å². The van der Waals surface area contributed by atoms with Gasteiger partial charge >= 0.3 is 0 Å². The molecule has 0 unspecified atom stereocenters. The average Bonchev–Trinajstić information content (AvgIpc) is 3.24. The Balaban J connectivity index is 1.46. The second-order valence-corrected chi connectivity index (χ2v) is 7.91. The number of carbonyl (C=O) groups excluding carboxylic acids is 1. The number of benzene rings is 2. The lowest BCUT2D eigenvalue weighted by molar-refractivity contribution is -0.127. The molecule has 0 bridgehead atoms. The fourth-order valence-corrected chi connectivity index (χ4v) is 4.27. The number of likely N-dealkylation sites (tertiary alicyclic amines) is 1. The number of ether oxygens (including phenoxy) is 1. The molecule has 0 aliphatic carbocycles. The molecule has 1 aliphatic rings. The van der Waals surface area contributed by atoms with Crippen molar-refractivity contribution < 1.29 is 9.53 Å². The minimum Gasteiger partial charge on any atom is -0.457 e. The molecule has 32 heavy (non-hydrogen) atoms. The van der Waals surface area contributed by atoms with Crippen LogP contribution in [0.5, 0.6) is 11.5 Å². The Morgan fingerprint density at radius 1 is 1.06 bits per heavy atom. The zero-order chi connectivity index (χ0) is 21.9. The molecule has 0 saturated carbocycles. The Bertz CT molecular complexity index is 1250. The van der Waals surface area contributed by atoms with Crippen molar-refractivity contribution in [3.63, 3.8) is 0 Å². The van der Waals surface area contributed by atoms with Gasteiger partial charge in [-0.1, -0.05) is 24.8 Å². The van der Waals surface area contributed by atoms with Crippen LogP contribution in [-0.4, -0.2) is 38.7 Å². The fourth-order valence-electron chi connectivity index (χ4n) is 4.27. The molecule has 1 amide bonds. The lowest BCUT2D eigenvalue weighted by atomic mass is 10.1. The molecule has 3 heterocycles. The van der Waals surface area contributed by atoms with Crippen LogP contribution in [0.1, 0.15) is 18.9 Å². The third-order valence-electron chi connectivity index (χ3n) is 5.84. The first-order chi connectivity index (χ1) is 15.7. The van der Waals surface area contributed by atoms with E-state index < -0.39 is 0 Å². The molecule has 4 aromatic rings. The summed E-state index contributed by atoms with van der Waals surface area (Å²) in [5.74, 6) is 1.55. The van der Waals surface area contributed by atoms with Crippen molar-refractivity contribution in [2.24, 2.45) is 0 Å². The quantitative estimate of drug-likeness (QED) is 0.411. The molecule has 1 saturated heterocycles. The van der Waals surface area contributed by atoms with Crippen molar-refractivity contribution in [2.75, 3.05) is 13.1 Å². The largest absolute Gasteiger partial charge is 0.457 e.